The highest BCUT2D eigenvalue weighted by molar-refractivity contribution is 7.90. The summed E-state index contributed by atoms with van der Waals surface area (Å²) in [5.41, 5.74) is 0.852. The molecule has 1 aromatic rings. The Bertz CT molecular complexity index is 672. The molecule has 128 valence electrons. The fraction of sp³-hybridized carbons (Fsp3) is 0.467. The van der Waals surface area contributed by atoms with Gasteiger partial charge in [0, 0.05) is 38.7 Å². The highest BCUT2D eigenvalue weighted by Crippen LogP contribution is 2.13. The van der Waals surface area contributed by atoms with E-state index in [-0.39, 0.29) is 5.91 Å². The number of ether oxygens (including phenoxy) is 1. The normalized spacial score (nSPS) is 14.9. The number of hydrogen-bond donors (Lipinski definition) is 1. The molecule has 1 rings (SSSR count). The SMILES string of the molecule is CCC(OC)C(=O)Nc1ccc(C(=O)N=S(C)(=O)N(C)C)cc1. The van der Waals surface area contributed by atoms with Crippen molar-refractivity contribution in [2.24, 2.45) is 4.36 Å². The summed E-state index contributed by atoms with van der Waals surface area (Å²) in [6, 6.07) is 6.24. The summed E-state index contributed by atoms with van der Waals surface area (Å²) in [4.78, 5) is 23.9. The van der Waals surface area contributed by atoms with Crippen LogP contribution in [0.1, 0.15) is 23.7 Å². The van der Waals surface area contributed by atoms with E-state index in [1.54, 1.807) is 26.2 Å². The van der Waals surface area contributed by atoms with Crippen LogP contribution in [0.2, 0.25) is 0 Å². The van der Waals surface area contributed by atoms with E-state index in [1.807, 2.05) is 6.92 Å². The molecule has 0 fully saturated rings. The van der Waals surface area contributed by atoms with Crippen LogP contribution in [0, 0.1) is 0 Å². The number of methoxy groups -OCH3 is 1. The molecule has 0 aliphatic carbocycles. The molecule has 7 nitrogen and oxygen atoms in total. The minimum Gasteiger partial charge on any atom is -0.372 e. The first-order valence-corrected chi connectivity index (χ1v) is 8.97. The van der Waals surface area contributed by atoms with Crippen LogP contribution in [0.25, 0.3) is 0 Å². The quantitative estimate of drug-likeness (QED) is 0.854. The van der Waals surface area contributed by atoms with Crippen LogP contribution >= 0.6 is 0 Å². The fourth-order valence-electron chi connectivity index (χ4n) is 1.67. The lowest BCUT2D eigenvalue weighted by Gasteiger charge is -2.13. The summed E-state index contributed by atoms with van der Waals surface area (Å²) < 4.78 is 22.3. The third-order valence-corrected chi connectivity index (χ3v) is 5.14. The maximum atomic E-state index is 12.1. The van der Waals surface area contributed by atoms with Gasteiger partial charge >= 0.3 is 0 Å². The molecule has 0 bridgehead atoms. The minimum absolute atomic E-state index is 0.247. The molecule has 0 radical (unpaired) electrons. The van der Waals surface area contributed by atoms with Gasteiger partial charge in [0.2, 0.25) is 0 Å². The van der Waals surface area contributed by atoms with Gasteiger partial charge in [-0.25, -0.2) is 8.51 Å². The molecule has 2 atom stereocenters. The Morgan fingerprint density at radius 3 is 2.30 bits per heavy atom. The zero-order valence-electron chi connectivity index (χ0n) is 14.0. The largest absolute Gasteiger partial charge is 0.372 e. The van der Waals surface area contributed by atoms with Crippen LogP contribution in [0.4, 0.5) is 5.69 Å². The van der Waals surface area contributed by atoms with Gasteiger partial charge in [0.05, 0.1) is 0 Å². The van der Waals surface area contributed by atoms with Crippen molar-refractivity contribution >= 4 is 27.4 Å². The maximum absolute atomic E-state index is 12.1. The van der Waals surface area contributed by atoms with Crippen LogP contribution in [-0.2, 0) is 19.4 Å². The van der Waals surface area contributed by atoms with Crippen molar-refractivity contribution in [3.8, 4) is 0 Å². The van der Waals surface area contributed by atoms with Crippen molar-refractivity contribution < 1.29 is 18.5 Å². The third kappa shape index (κ3) is 5.42. The molecule has 2 unspecified atom stereocenters. The van der Waals surface area contributed by atoms with E-state index in [2.05, 4.69) is 9.68 Å². The number of benzene rings is 1. The van der Waals surface area contributed by atoms with E-state index < -0.39 is 21.9 Å². The molecule has 0 aliphatic heterocycles. The van der Waals surface area contributed by atoms with Gasteiger partial charge in [-0.1, -0.05) is 6.92 Å². The first-order valence-electron chi connectivity index (χ1n) is 7.09. The number of nitrogens with zero attached hydrogens (tertiary/aromatic N) is 2. The Kier molecular flexibility index (Phi) is 6.86. The van der Waals surface area contributed by atoms with Gasteiger partial charge in [0.15, 0.2) is 0 Å². The van der Waals surface area contributed by atoms with Gasteiger partial charge < -0.3 is 10.1 Å². The van der Waals surface area contributed by atoms with Gasteiger partial charge in [0.1, 0.15) is 16.0 Å². The summed E-state index contributed by atoms with van der Waals surface area (Å²) in [6.45, 7) is 1.85. The van der Waals surface area contributed by atoms with Crippen LogP contribution in [-0.4, -0.2) is 53.9 Å². The molecule has 2 amide bonds. The van der Waals surface area contributed by atoms with E-state index in [4.69, 9.17) is 4.74 Å². The standard InChI is InChI=1S/C15H23N3O4S/c1-6-13(22-4)15(20)16-12-9-7-11(8-10-12)14(19)17-23(5,21)18(2)3/h7-10,13H,6H2,1-5H3,(H,16,20). The van der Waals surface area contributed by atoms with E-state index >= 15 is 0 Å². The second-order valence-electron chi connectivity index (χ2n) is 5.17. The predicted molar refractivity (Wildman–Crippen MR) is 90.7 cm³/mol. The second kappa shape index (κ2) is 8.19. The Morgan fingerprint density at radius 2 is 1.87 bits per heavy atom. The van der Waals surface area contributed by atoms with Gasteiger partial charge in [-0.2, -0.15) is 0 Å². The summed E-state index contributed by atoms with van der Waals surface area (Å²) in [6.07, 6.45) is 1.44. The lowest BCUT2D eigenvalue weighted by Crippen LogP contribution is -2.28. The average Bonchev–Trinajstić information content (AvgIpc) is 2.48. The first kappa shape index (κ1) is 19.3. The number of nitrogens with one attached hydrogen (secondary N) is 1. The molecule has 1 N–H and O–H groups in total. The Balaban J connectivity index is 2.87. The van der Waals surface area contributed by atoms with Crippen LogP contribution in [0.3, 0.4) is 0 Å². The summed E-state index contributed by atoms with van der Waals surface area (Å²) in [5, 5.41) is 2.71. The van der Waals surface area contributed by atoms with Crippen molar-refractivity contribution in [1.29, 1.82) is 0 Å². The monoisotopic (exact) mass is 341 g/mol. The minimum atomic E-state index is -2.72. The van der Waals surface area contributed by atoms with Crippen LogP contribution < -0.4 is 5.32 Å². The lowest BCUT2D eigenvalue weighted by molar-refractivity contribution is -0.125. The molecule has 0 aromatic heterocycles. The van der Waals surface area contributed by atoms with Gasteiger partial charge in [-0.15, -0.1) is 4.36 Å². The molecule has 0 spiro atoms. The molecular weight excluding hydrogens is 318 g/mol. The van der Waals surface area contributed by atoms with Crippen molar-refractivity contribution in [2.45, 2.75) is 19.4 Å². The number of hydrogen-bond acceptors (Lipinski definition) is 4. The topological polar surface area (TPSA) is 88.1 Å². The number of rotatable bonds is 6. The molecule has 0 aliphatic rings. The second-order valence-corrected chi connectivity index (χ2v) is 7.61. The van der Waals surface area contributed by atoms with E-state index in [9.17, 15) is 13.8 Å². The third-order valence-electron chi connectivity index (χ3n) is 3.28. The maximum Gasteiger partial charge on any atom is 0.286 e. The van der Waals surface area contributed by atoms with Crippen molar-refractivity contribution in [2.75, 3.05) is 32.8 Å². The number of carbonyl (C=O) groups excluding carboxylic acids is 2. The summed E-state index contributed by atoms with van der Waals surface area (Å²) >= 11 is 0. The highest BCUT2D eigenvalue weighted by Gasteiger charge is 2.16. The molecular formula is C15H23N3O4S. The highest BCUT2D eigenvalue weighted by atomic mass is 32.2. The molecule has 8 heteroatoms. The zero-order chi connectivity index (χ0) is 17.6. The van der Waals surface area contributed by atoms with Crippen LogP contribution in [0.15, 0.2) is 28.6 Å². The zero-order valence-corrected chi connectivity index (χ0v) is 14.8. The molecule has 0 saturated carbocycles. The molecule has 23 heavy (non-hydrogen) atoms. The smallest absolute Gasteiger partial charge is 0.286 e. The Labute approximate surface area is 137 Å². The number of amides is 2. The van der Waals surface area contributed by atoms with E-state index in [0.717, 1.165) is 0 Å². The fourth-order valence-corrected chi connectivity index (χ4v) is 2.24. The first-order chi connectivity index (χ1) is 10.7. The summed E-state index contributed by atoms with van der Waals surface area (Å²) in [5.74, 6) is -0.810. The van der Waals surface area contributed by atoms with Crippen LogP contribution in [0.5, 0.6) is 0 Å². The van der Waals surface area contributed by atoms with Gasteiger partial charge in [-0.3, -0.25) is 9.59 Å². The van der Waals surface area contributed by atoms with Crippen molar-refractivity contribution in [3.63, 3.8) is 0 Å². The lowest BCUT2D eigenvalue weighted by atomic mass is 10.2. The number of anilines is 1. The van der Waals surface area contributed by atoms with E-state index in [0.29, 0.717) is 17.7 Å². The summed E-state index contributed by atoms with van der Waals surface area (Å²) in [7, 11) is 1.95. The predicted octanol–water partition coefficient (Wildman–Crippen LogP) is 1.76. The molecule has 0 heterocycles. The molecule has 1 aromatic carbocycles. The van der Waals surface area contributed by atoms with Gasteiger partial charge in [-0.05, 0) is 30.7 Å². The van der Waals surface area contributed by atoms with Gasteiger partial charge in [0.25, 0.3) is 11.8 Å². The Hall–Kier alpha value is -1.77. The molecule has 0 saturated heterocycles. The van der Waals surface area contributed by atoms with E-state index in [1.165, 1.54) is 29.8 Å². The Morgan fingerprint density at radius 1 is 1.30 bits per heavy atom. The number of carbonyl (C=O) groups is 2. The van der Waals surface area contributed by atoms with Crippen molar-refractivity contribution in [3.05, 3.63) is 29.8 Å². The van der Waals surface area contributed by atoms with Crippen molar-refractivity contribution in [1.82, 2.24) is 4.31 Å². The average molecular weight is 341 g/mol.